The molecule has 84 valence electrons. The minimum atomic E-state index is -0.140. The van der Waals surface area contributed by atoms with Gasteiger partial charge < -0.3 is 4.74 Å². The maximum Gasteiger partial charge on any atom is 0.103 e. The smallest absolute Gasteiger partial charge is 0.103 e. The Kier molecular flexibility index (Phi) is 6.81. The molecule has 0 spiro atoms. The highest BCUT2D eigenvalue weighted by atomic mass is 16.5. The third-order valence-electron chi connectivity index (χ3n) is 2.53. The standard InChI is InChI=1S/C12H25NO/c1-6-9-12(5,14-8-3)11(4)13-10-7-2/h6-10H2,1-5H3/b13-11+. The first kappa shape index (κ1) is 13.6. The van der Waals surface area contributed by atoms with Crippen LogP contribution < -0.4 is 0 Å². The Balaban J connectivity index is 4.44. The fourth-order valence-electron chi connectivity index (χ4n) is 1.60. The average Bonchev–Trinajstić information content (AvgIpc) is 2.15. The Labute approximate surface area is 88.8 Å². The van der Waals surface area contributed by atoms with Crippen LogP contribution in [-0.2, 0) is 4.74 Å². The van der Waals surface area contributed by atoms with Gasteiger partial charge in [0.1, 0.15) is 5.60 Å². The predicted molar refractivity (Wildman–Crippen MR) is 63.2 cm³/mol. The summed E-state index contributed by atoms with van der Waals surface area (Å²) in [4.78, 5) is 4.54. The second-order valence-corrected chi connectivity index (χ2v) is 3.88. The highest BCUT2D eigenvalue weighted by molar-refractivity contribution is 5.90. The van der Waals surface area contributed by atoms with Gasteiger partial charge in [0.15, 0.2) is 0 Å². The van der Waals surface area contributed by atoms with Gasteiger partial charge in [-0.25, -0.2) is 0 Å². The van der Waals surface area contributed by atoms with Crippen LogP contribution in [0, 0.1) is 0 Å². The van der Waals surface area contributed by atoms with Crippen LogP contribution in [-0.4, -0.2) is 24.5 Å². The van der Waals surface area contributed by atoms with Crippen molar-refractivity contribution in [2.75, 3.05) is 13.2 Å². The highest BCUT2D eigenvalue weighted by Crippen LogP contribution is 2.20. The van der Waals surface area contributed by atoms with Crippen molar-refractivity contribution in [2.24, 2.45) is 4.99 Å². The number of hydrogen-bond acceptors (Lipinski definition) is 2. The van der Waals surface area contributed by atoms with Crippen LogP contribution in [0.15, 0.2) is 4.99 Å². The topological polar surface area (TPSA) is 21.6 Å². The van der Waals surface area contributed by atoms with E-state index in [-0.39, 0.29) is 5.60 Å². The molecule has 0 aliphatic carbocycles. The molecule has 0 N–H and O–H groups in total. The molecule has 0 aromatic rings. The van der Waals surface area contributed by atoms with E-state index < -0.39 is 0 Å². The van der Waals surface area contributed by atoms with Gasteiger partial charge in [-0.3, -0.25) is 4.99 Å². The molecule has 0 aromatic heterocycles. The SMILES string of the molecule is CCC/N=C(\C)C(C)(CCC)OCC. The lowest BCUT2D eigenvalue weighted by atomic mass is 9.95. The first-order valence-electron chi connectivity index (χ1n) is 5.76. The summed E-state index contributed by atoms with van der Waals surface area (Å²) >= 11 is 0. The van der Waals surface area contributed by atoms with Gasteiger partial charge >= 0.3 is 0 Å². The average molecular weight is 199 g/mol. The lowest BCUT2D eigenvalue weighted by Crippen LogP contribution is -2.37. The van der Waals surface area contributed by atoms with Crippen molar-refractivity contribution in [3.05, 3.63) is 0 Å². The minimum Gasteiger partial charge on any atom is -0.370 e. The molecular weight excluding hydrogens is 174 g/mol. The van der Waals surface area contributed by atoms with E-state index in [1.165, 1.54) is 0 Å². The van der Waals surface area contributed by atoms with Crippen LogP contribution in [0.3, 0.4) is 0 Å². The second kappa shape index (κ2) is 6.99. The first-order valence-corrected chi connectivity index (χ1v) is 5.76. The Bertz CT molecular complexity index is 169. The fraction of sp³-hybridized carbons (Fsp3) is 0.917. The number of ether oxygens (including phenoxy) is 1. The molecule has 0 fully saturated rings. The van der Waals surface area contributed by atoms with Gasteiger partial charge in [-0.1, -0.05) is 20.3 Å². The van der Waals surface area contributed by atoms with E-state index in [9.17, 15) is 0 Å². The van der Waals surface area contributed by atoms with Crippen molar-refractivity contribution in [3.63, 3.8) is 0 Å². The highest BCUT2D eigenvalue weighted by Gasteiger charge is 2.26. The van der Waals surface area contributed by atoms with Crippen molar-refractivity contribution in [3.8, 4) is 0 Å². The lowest BCUT2D eigenvalue weighted by Gasteiger charge is -2.29. The number of aliphatic imine (C=N–C) groups is 1. The molecule has 0 rings (SSSR count). The summed E-state index contributed by atoms with van der Waals surface area (Å²) < 4.78 is 5.80. The third-order valence-corrected chi connectivity index (χ3v) is 2.53. The molecule has 0 aromatic carbocycles. The van der Waals surface area contributed by atoms with Gasteiger partial charge in [-0.2, -0.15) is 0 Å². The summed E-state index contributed by atoms with van der Waals surface area (Å²) in [5.74, 6) is 0. The Morgan fingerprint density at radius 3 is 2.29 bits per heavy atom. The van der Waals surface area contributed by atoms with Crippen molar-refractivity contribution in [1.82, 2.24) is 0 Å². The van der Waals surface area contributed by atoms with E-state index in [1.807, 2.05) is 6.92 Å². The maximum atomic E-state index is 5.80. The molecule has 0 radical (unpaired) electrons. The summed E-state index contributed by atoms with van der Waals surface area (Å²) in [6, 6.07) is 0. The molecule has 2 heteroatoms. The van der Waals surface area contributed by atoms with Gasteiger partial charge in [-0.05, 0) is 33.6 Å². The third kappa shape index (κ3) is 4.23. The molecule has 0 amide bonds. The molecule has 1 atom stereocenters. The Morgan fingerprint density at radius 1 is 1.21 bits per heavy atom. The minimum absolute atomic E-state index is 0.140. The summed E-state index contributed by atoms with van der Waals surface area (Å²) in [7, 11) is 0. The van der Waals surface area contributed by atoms with Crippen LogP contribution in [0.1, 0.15) is 53.9 Å². The van der Waals surface area contributed by atoms with Gasteiger partial charge in [0.2, 0.25) is 0 Å². The van der Waals surface area contributed by atoms with Crippen LogP contribution in [0.5, 0.6) is 0 Å². The summed E-state index contributed by atoms with van der Waals surface area (Å²) in [6.45, 7) is 12.3. The summed E-state index contributed by atoms with van der Waals surface area (Å²) in [5, 5.41) is 0. The molecule has 0 aliphatic rings. The lowest BCUT2D eigenvalue weighted by molar-refractivity contribution is 0.0222. The Hall–Kier alpha value is -0.370. The molecule has 0 bridgehead atoms. The predicted octanol–water partition coefficient (Wildman–Crippen LogP) is 3.45. The summed E-state index contributed by atoms with van der Waals surface area (Å²) in [6.07, 6.45) is 3.29. The molecule has 14 heavy (non-hydrogen) atoms. The first-order chi connectivity index (χ1) is 6.60. The van der Waals surface area contributed by atoms with Gasteiger partial charge in [-0.15, -0.1) is 0 Å². The van der Waals surface area contributed by atoms with E-state index in [4.69, 9.17) is 4.74 Å². The molecular formula is C12H25NO. The van der Waals surface area contributed by atoms with Crippen molar-refractivity contribution >= 4 is 5.71 Å². The molecule has 0 aliphatic heterocycles. The molecule has 0 saturated carbocycles. The van der Waals surface area contributed by atoms with Crippen LogP contribution in [0.25, 0.3) is 0 Å². The normalized spacial score (nSPS) is 16.8. The zero-order valence-electron chi connectivity index (χ0n) is 10.4. The largest absolute Gasteiger partial charge is 0.370 e. The van der Waals surface area contributed by atoms with Crippen molar-refractivity contribution in [1.29, 1.82) is 0 Å². The van der Waals surface area contributed by atoms with Crippen molar-refractivity contribution in [2.45, 2.75) is 59.5 Å². The van der Waals surface area contributed by atoms with Gasteiger partial charge in [0.25, 0.3) is 0 Å². The molecule has 0 saturated heterocycles. The van der Waals surface area contributed by atoms with Gasteiger partial charge in [0.05, 0.1) is 0 Å². The zero-order chi connectivity index (χ0) is 11.0. The number of hydrogen-bond donors (Lipinski definition) is 0. The van der Waals surface area contributed by atoms with E-state index in [1.54, 1.807) is 0 Å². The van der Waals surface area contributed by atoms with E-state index in [0.29, 0.717) is 0 Å². The van der Waals surface area contributed by atoms with Crippen LogP contribution in [0.2, 0.25) is 0 Å². The zero-order valence-corrected chi connectivity index (χ0v) is 10.4. The molecule has 2 nitrogen and oxygen atoms in total. The van der Waals surface area contributed by atoms with Gasteiger partial charge in [0, 0.05) is 18.9 Å². The maximum absolute atomic E-state index is 5.80. The van der Waals surface area contributed by atoms with Crippen molar-refractivity contribution < 1.29 is 4.74 Å². The van der Waals surface area contributed by atoms with E-state index in [2.05, 4.69) is 32.7 Å². The monoisotopic (exact) mass is 199 g/mol. The number of rotatable bonds is 7. The quantitative estimate of drug-likeness (QED) is 0.575. The van der Waals surface area contributed by atoms with E-state index >= 15 is 0 Å². The second-order valence-electron chi connectivity index (χ2n) is 3.88. The van der Waals surface area contributed by atoms with E-state index in [0.717, 1.165) is 38.1 Å². The summed E-state index contributed by atoms with van der Waals surface area (Å²) in [5.41, 5.74) is 1.00. The van der Waals surface area contributed by atoms with Crippen LogP contribution >= 0.6 is 0 Å². The molecule has 1 unspecified atom stereocenters. The number of nitrogens with zero attached hydrogens (tertiary/aromatic N) is 1. The van der Waals surface area contributed by atoms with Crippen LogP contribution in [0.4, 0.5) is 0 Å². The Morgan fingerprint density at radius 2 is 1.86 bits per heavy atom. The fourth-order valence-corrected chi connectivity index (χ4v) is 1.60. The molecule has 0 heterocycles.